The minimum absolute atomic E-state index is 0.307. The van der Waals surface area contributed by atoms with Gasteiger partial charge in [0.2, 0.25) is 0 Å². The molecule has 0 aliphatic rings. The highest BCUT2D eigenvalue weighted by Gasteiger charge is 2.08. The molecule has 1 aromatic heterocycles. The quantitative estimate of drug-likeness (QED) is 0.830. The van der Waals surface area contributed by atoms with Crippen molar-refractivity contribution in [1.29, 1.82) is 0 Å². The van der Waals surface area contributed by atoms with Crippen LogP contribution in [0.4, 0.5) is 10.2 Å². The van der Waals surface area contributed by atoms with Gasteiger partial charge in [0.15, 0.2) is 0 Å². The first kappa shape index (κ1) is 10.8. The van der Waals surface area contributed by atoms with E-state index in [9.17, 15) is 4.39 Å². The van der Waals surface area contributed by atoms with Crippen LogP contribution in [0.15, 0.2) is 24.3 Å². The minimum atomic E-state index is -0.387. The van der Waals surface area contributed by atoms with Crippen molar-refractivity contribution in [1.82, 2.24) is 9.97 Å². The average Bonchev–Trinajstić information content (AvgIpc) is 2.20. The molecule has 3 nitrogen and oxygen atoms in total. The summed E-state index contributed by atoms with van der Waals surface area (Å²) in [6.07, 6.45) is 0. The lowest BCUT2D eigenvalue weighted by molar-refractivity contribution is 0.630. The molecule has 0 fully saturated rings. The molecule has 16 heavy (non-hydrogen) atoms. The van der Waals surface area contributed by atoms with E-state index in [1.165, 1.54) is 24.3 Å². The van der Waals surface area contributed by atoms with Crippen molar-refractivity contribution in [3.8, 4) is 11.3 Å². The molecule has 5 heteroatoms. The van der Waals surface area contributed by atoms with Crippen LogP contribution < -0.4 is 5.73 Å². The Morgan fingerprint density at radius 3 is 2.69 bits per heavy atom. The third kappa shape index (κ3) is 2.12. The number of aryl methyl sites for hydroxylation is 1. The monoisotopic (exact) mass is 237 g/mol. The highest BCUT2D eigenvalue weighted by atomic mass is 35.5. The van der Waals surface area contributed by atoms with Gasteiger partial charge in [-0.3, -0.25) is 0 Å². The first-order valence-corrected chi connectivity index (χ1v) is 5.00. The summed E-state index contributed by atoms with van der Waals surface area (Å²) < 4.78 is 13.6. The lowest BCUT2D eigenvalue weighted by Gasteiger charge is -2.05. The van der Waals surface area contributed by atoms with E-state index in [2.05, 4.69) is 9.97 Å². The molecule has 1 aromatic carbocycles. The maximum absolute atomic E-state index is 13.6. The zero-order chi connectivity index (χ0) is 11.7. The van der Waals surface area contributed by atoms with Crippen molar-refractivity contribution >= 4 is 17.4 Å². The Morgan fingerprint density at radius 1 is 1.25 bits per heavy atom. The van der Waals surface area contributed by atoms with E-state index in [1.807, 2.05) is 0 Å². The maximum Gasteiger partial charge on any atom is 0.132 e. The number of nitrogens with zero attached hydrogens (tertiary/aromatic N) is 2. The predicted molar refractivity (Wildman–Crippen MR) is 61.6 cm³/mol. The van der Waals surface area contributed by atoms with Gasteiger partial charge in [-0.05, 0) is 25.1 Å². The average molecular weight is 238 g/mol. The number of anilines is 1. The van der Waals surface area contributed by atoms with Crippen LogP contribution in [0.5, 0.6) is 0 Å². The lowest BCUT2D eigenvalue weighted by Crippen LogP contribution is -1.98. The molecule has 82 valence electrons. The first-order valence-electron chi connectivity index (χ1n) is 4.63. The second kappa shape index (κ2) is 4.06. The van der Waals surface area contributed by atoms with E-state index in [1.54, 1.807) is 6.92 Å². The maximum atomic E-state index is 13.6. The van der Waals surface area contributed by atoms with E-state index in [4.69, 9.17) is 17.3 Å². The Morgan fingerprint density at radius 2 is 2.00 bits per heavy atom. The van der Waals surface area contributed by atoms with E-state index >= 15 is 0 Å². The molecule has 0 atom stereocenters. The number of nitrogens with two attached hydrogens (primary N) is 1. The number of hydrogen-bond donors (Lipinski definition) is 1. The first-order chi connectivity index (χ1) is 7.56. The van der Waals surface area contributed by atoms with Crippen molar-refractivity contribution in [3.05, 3.63) is 40.9 Å². The summed E-state index contributed by atoms with van der Waals surface area (Å²) in [5.74, 6) is 0.415. The normalized spacial score (nSPS) is 10.4. The molecule has 0 amide bonds. The van der Waals surface area contributed by atoms with Crippen molar-refractivity contribution in [2.75, 3.05) is 5.73 Å². The standard InChI is InChI=1S/C11H9ClFN3/c1-6-15-10(5-11(14)16-6)8-4-7(12)2-3-9(8)13/h2-5H,1H3,(H2,14,15,16). The van der Waals surface area contributed by atoms with E-state index in [0.717, 1.165) is 0 Å². The molecule has 2 rings (SSSR count). The van der Waals surface area contributed by atoms with E-state index in [-0.39, 0.29) is 5.82 Å². The zero-order valence-corrected chi connectivity index (χ0v) is 9.29. The number of hydrogen-bond acceptors (Lipinski definition) is 3. The Labute approximate surface area is 97.1 Å². The molecule has 0 saturated carbocycles. The largest absolute Gasteiger partial charge is 0.384 e. The molecule has 0 saturated heterocycles. The van der Waals surface area contributed by atoms with Gasteiger partial charge in [-0.1, -0.05) is 11.6 Å². The minimum Gasteiger partial charge on any atom is -0.384 e. The van der Waals surface area contributed by atoms with Crippen molar-refractivity contribution in [2.24, 2.45) is 0 Å². The highest BCUT2D eigenvalue weighted by Crippen LogP contribution is 2.25. The predicted octanol–water partition coefficient (Wildman–Crippen LogP) is 2.83. The summed E-state index contributed by atoms with van der Waals surface area (Å²) in [7, 11) is 0. The molecule has 0 aliphatic heterocycles. The summed E-state index contributed by atoms with van der Waals surface area (Å²) in [5.41, 5.74) is 6.34. The van der Waals surface area contributed by atoms with Crippen LogP contribution in [0.3, 0.4) is 0 Å². The second-order valence-corrected chi connectivity index (χ2v) is 3.79. The van der Waals surface area contributed by atoms with Crippen LogP contribution in [0, 0.1) is 12.7 Å². The lowest BCUT2D eigenvalue weighted by atomic mass is 10.1. The number of nitrogen functional groups attached to an aromatic ring is 1. The Kier molecular flexibility index (Phi) is 2.75. The van der Waals surface area contributed by atoms with Gasteiger partial charge in [0.05, 0.1) is 5.69 Å². The molecule has 2 aromatic rings. The Hall–Kier alpha value is -1.68. The van der Waals surface area contributed by atoms with Gasteiger partial charge in [-0.25, -0.2) is 14.4 Å². The number of aromatic nitrogens is 2. The summed E-state index contributed by atoms with van der Waals surface area (Å²) >= 11 is 5.80. The van der Waals surface area contributed by atoms with Gasteiger partial charge in [0.1, 0.15) is 17.5 Å². The SMILES string of the molecule is Cc1nc(N)cc(-c2cc(Cl)ccc2F)n1. The number of halogens is 2. The van der Waals surface area contributed by atoms with Gasteiger partial charge in [-0.15, -0.1) is 0 Å². The summed E-state index contributed by atoms with van der Waals surface area (Å²) in [5, 5.41) is 0.450. The molecule has 0 bridgehead atoms. The van der Waals surface area contributed by atoms with Crippen LogP contribution in [0.1, 0.15) is 5.82 Å². The van der Waals surface area contributed by atoms with Gasteiger partial charge in [0.25, 0.3) is 0 Å². The van der Waals surface area contributed by atoms with Crippen molar-refractivity contribution in [2.45, 2.75) is 6.92 Å². The summed E-state index contributed by atoms with van der Waals surface area (Å²) in [4.78, 5) is 8.04. The van der Waals surface area contributed by atoms with Gasteiger partial charge < -0.3 is 5.73 Å². The van der Waals surface area contributed by atoms with Crippen LogP contribution in [0.25, 0.3) is 11.3 Å². The number of benzene rings is 1. The summed E-state index contributed by atoms with van der Waals surface area (Å²) in [6, 6.07) is 5.81. The fourth-order valence-corrected chi connectivity index (χ4v) is 1.59. The molecule has 0 aliphatic carbocycles. The van der Waals surface area contributed by atoms with Gasteiger partial charge in [-0.2, -0.15) is 0 Å². The molecule has 0 spiro atoms. The van der Waals surface area contributed by atoms with Crippen LogP contribution in [0.2, 0.25) is 5.02 Å². The molecule has 1 heterocycles. The molecule has 0 radical (unpaired) electrons. The topological polar surface area (TPSA) is 51.8 Å². The van der Waals surface area contributed by atoms with Crippen molar-refractivity contribution in [3.63, 3.8) is 0 Å². The number of rotatable bonds is 1. The third-order valence-electron chi connectivity index (χ3n) is 2.06. The molecule has 0 unspecified atom stereocenters. The zero-order valence-electron chi connectivity index (χ0n) is 8.54. The Balaban J connectivity index is 2.62. The third-order valence-corrected chi connectivity index (χ3v) is 2.30. The smallest absolute Gasteiger partial charge is 0.132 e. The second-order valence-electron chi connectivity index (χ2n) is 3.35. The molecule has 2 N–H and O–H groups in total. The fraction of sp³-hybridized carbons (Fsp3) is 0.0909. The van der Waals surface area contributed by atoms with Crippen LogP contribution in [-0.4, -0.2) is 9.97 Å². The Bertz CT molecular complexity index is 522. The van der Waals surface area contributed by atoms with E-state index in [0.29, 0.717) is 27.9 Å². The fourth-order valence-electron chi connectivity index (χ4n) is 1.42. The summed E-state index contributed by atoms with van der Waals surface area (Å²) in [6.45, 7) is 1.70. The van der Waals surface area contributed by atoms with Crippen LogP contribution in [-0.2, 0) is 0 Å². The molecular weight excluding hydrogens is 229 g/mol. The van der Waals surface area contributed by atoms with E-state index < -0.39 is 0 Å². The molecular formula is C11H9ClFN3. The van der Waals surface area contributed by atoms with Crippen molar-refractivity contribution < 1.29 is 4.39 Å². The van der Waals surface area contributed by atoms with Gasteiger partial charge in [0, 0.05) is 16.7 Å². The van der Waals surface area contributed by atoms with Crippen LogP contribution >= 0.6 is 11.6 Å². The highest BCUT2D eigenvalue weighted by molar-refractivity contribution is 6.30. The van der Waals surface area contributed by atoms with Gasteiger partial charge >= 0.3 is 0 Å².